The topological polar surface area (TPSA) is 70.2 Å². The normalized spacial score (nSPS) is 29.3. The molecule has 0 radical (unpaired) electrons. The summed E-state index contributed by atoms with van der Waals surface area (Å²) in [5.41, 5.74) is 8.30. The third kappa shape index (κ3) is 3.56. The summed E-state index contributed by atoms with van der Waals surface area (Å²) in [5.74, 6) is 0.765. The fourth-order valence-electron chi connectivity index (χ4n) is 4.42. The highest BCUT2D eigenvalue weighted by atomic mass is 16.2. The molecule has 3 N–H and O–H groups in total. The lowest BCUT2D eigenvalue weighted by Gasteiger charge is -2.41. The van der Waals surface area contributed by atoms with Gasteiger partial charge in [0.05, 0.1) is 12.5 Å². The van der Waals surface area contributed by atoms with Gasteiger partial charge in [0.25, 0.3) is 0 Å². The number of fused-ring (bicyclic) bond motifs is 1. The second-order valence-corrected chi connectivity index (χ2v) is 7.78. The van der Waals surface area contributed by atoms with Crippen LogP contribution in [0.1, 0.15) is 62.1 Å². The van der Waals surface area contributed by atoms with Crippen molar-refractivity contribution in [1.82, 2.24) is 16.2 Å². The van der Waals surface area contributed by atoms with Crippen LogP contribution in [-0.2, 0) is 16.0 Å². The summed E-state index contributed by atoms with van der Waals surface area (Å²) in [6.07, 6.45) is 8.35. The van der Waals surface area contributed by atoms with E-state index in [9.17, 15) is 9.59 Å². The molecular weight excluding hydrogens is 314 g/mol. The molecular formula is C20H27N3O2. The average molecular weight is 341 g/mol. The number of rotatable bonds is 4. The van der Waals surface area contributed by atoms with Crippen LogP contribution >= 0.6 is 0 Å². The molecule has 1 saturated heterocycles. The molecule has 3 atom stereocenters. The molecule has 3 aliphatic rings. The molecule has 2 aliphatic carbocycles. The van der Waals surface area contributed by atoms with E-state index < -0.39 is 0 Å². The van der Waals surface area contributed by atoms with Crippen molar-refractivity contribution in [2.45, 2.75) is 63.5 Å². The van der Waals surface area contributed by atoms with Crippen molar-refractivity contribution in [3.05, 3.63) is 35.4 Å². The number of carbonyl (C=O) groups excluding carboxylic acids is 2. The number of amides is 2. The first kappa shape index (κ1) is 16.6. The lowest BCUT2D eigenvalue weighted by Crippen LogP contribution is -2.55. The Bertz CT molecular complexity index is 639. The highest BCUT2D eigenvalue weighted by Crippen LogP contribution is 2.40. The van der Waals surface area contributed by atoms with Crippen molar-refractivity contribution in [3.8, 4) is 0 Å². The molecule has 0 aromatic heterocycles. The van der Waals surface area contributed by atoms with Gasteiger partial charge in [-0.1, -0.05) is 37.1 Å². The maximum Gasteiger partial charge on any atom is 0.237 e. The molecule has 134 valence electrons. The minimum absolute atomic E-state index is 0.118. The van der Waals surface area contributed by atoms with E-state index in [-0.39, 0.29) is 23.8 Å². The fraction of sp³-hybridized carbons (Fsp3) is 0.600. The second kappa shape index (κ2) is 7.16. The van der Waals surface area contributed by atoms with Gasteiger partial charge in [0, 0.05) is 12.0 Å². The Kier molecular flexibility index (Phi) is 4.75. The smallest absolute Gasteiger partial charge is 0.237 e. The molecule has 1 aliphatic heterocycles. The largest absolute Gasteiger partial charge is 0.353 e. The number of hydrazine groups is 1. The molecule has 3 fully saturated rings. The van der Waals surface area contributed by atoms with Crippen molar-refractivity contribution >= 4 is 11.8 Å². The summed E-state index contributed by atoms with van der Waals surface area (Å²) in [6.45, 7) is 0. The van der Waals surface area contributed by atoms with Crippen molar-refractivity contribution < 1.29 is 9.59 Å². The number of hydrogen-bond acceptors (Lipinski definition) is 3. The van der Waals surface area contributed by atoms with Gasteiger partial charge in [-0.05, 0) is 49.1 Å². The van der Waals surface area contributed by atoms with E-state index in [0.29, 0.717) is 18.4 Å². The highest BCUT2D eigenvalue weighted by molar-refractivity contribution is 5.80. The molecule has 0 spiro atoms. The first-order chi connectivity index (χ1) is 12.2. The third-order valence-corrected chi connectivity index (χ3v) is 6.11. The molecule has 1 heterocycles. The van der Waals surface area contributed by atoms with Crippen LogP contribution in [0, 0.1) is 11.8 Å². The Morgan fingerprint density at radius 1 is 1.04 bits per heavy atom. The van der Waals surface area contributed by atoms with Crippen LogP contribution < -0.4 is 16.2 Å². The molecule has 4 rings (SSSR count). The van der Waals surface area contributed by atoms with Crippen LogP contribution in [0.2, 0.25) is 0 Å². The van der Waals surface area contributed by atoms with Crippen LogP contribution in [0.25, 0.3) is 0 Å². The van der Waals surface area contributed by atoms with Gasteiger partial charge in [-0.3, -0.25) is 15.0 Å². The second-order valence-electron chi connectivity index (χ2n) is 7.78. The first-order valence-corrected chi connectivity index (χ1v) is 9.64. The lowest BCUT2D eigenvalue weighted by molar-refractivity contribution is -0.133. The van der Waals surface area contributed by atoms with E-state index in [2.05, 4.69) is 28.3 Å². The fourth-order valence-corrected chi connectivity index (χ4v) is 4.42. The van der Waals surface area contributed by atoms with Gasteiger partial charge < -0.3 is 5.32 Å². The summed E-state index contributed by atoms with van der Waals surface area (Å²) in [7, 11) is 0. The SMILES string of the molecule is O=C(Cc1ccc(C2NNC(=O)C3CCCCC32)cc1)NC1CCC1. The zero-order chi connectivity index (χ0) is 17.2. The Hall–Kier alpha value is -1.88. The first-order valence-electron chi connectivity index (χ1n) is 9.64. The quantitative estimate of drug-likeness (QED) is 0.787. The predicted octanol–water partition coefficient (Wildman–Crippen LogP) is 2.38. The maximum absolute atomic E-state index is 12.1. The van der Waals surface area contributed by atoms with Crippen LogP contribution in [-0.4, -0.2) is 17.9 Å². The van der Waals surface area contributed by atoms with Gasteiger partial charge in [0.2, 0.25) is 11.8 Å². The standard InChI is InChI=1S/C20H27N3O2/c24-18(21-15-4-3-5-15)12-13-8-10-14(11-9-13)19-16-6-1-2-7-17(16)20(25)23-22-19/h8-11,15-17,19,22H,1-7,12H2,(H,21,24)(H,23,25). The zero-order valence-electron chi connectivity index (χ0n) is 14.6. The highest BCUT2D eigenvalue weighted by Gasteiger charge is 2.40. The summed E-state index contributed by atoms with van der Waals surface area (Å²) in [5, 5.41) is 3.09. The van der Waals surface area contributed by atoms with Crippen molar-refractivity contribution in [1.29, 1.82) is 0 Å². The minimum atomic E-state index is 0.118. The Morgan fingerprint density at radius 2 is 1.80 bits per heavy atom. The molecule has 0 bridgehead atoms. The van der Waals surface area contributed by atoms with E-state index in [1.165, 1.54) is 18.4 Å². The van der Waals surface area contributed by atoms with Crippen LogP contribution in [0.3, 0.4) is 0 Å². The summed E-state index contributed by atoms with van der Waals surface area (Å²) >= 11 is 0. The molecule has 5 nitrogen and oxygen atoms in total. The van der Waals surface area contributed by atoms with E-state index in [0.717, 1.165) is 37.7 Å². The number of benzene rings is 1. The predicted molar refractivity (Wildman–Crippen MR) is 95.4 cm³/mol. The molecule has 25 heavy (non-hydrogen) atoms. The van der Waals surface area contributed by atoms with E-state index >= 15 is 0 Å². The number of carbonyl (C=O) groups is 2. The van der Waals surface area contributed by atoms with Gasteiger partial charge >= 0.3 is 0 Å². The maximum atomic E-state index is 12.1. The third-order valence-electron chi connectivity index (χ3n) is 6.11. The van der Waals surface area contributed by atoms with Gasteiger partial charge in [-0.25, -0.2) is 5.43 Å². The Morgan fingerprint density at radius 3 is 2.52 bits per heavy atom. The van der Waals surface area contributed by atoms with Crippen molar-refractivity contribution in [2.24, 2.45) is 11.8 Å². The molecule has 1 aromatic carbocycles. The van der Waals surface area contributed by atoms with E-state index in [1.54, 1.807) is 0 Å². The van der Waals surface area contributed by atoms with E-state index in [4.69, 9.17) is 0 Å². The van der Waals surface area contributed by atoms with Gasteiger partial charge in [0.15, 0.2) is 0 Å². The average Bonchev–Trinajstić information content (AvgIpc) is 2.60. The molecule has 1 aromatic rings. The number of hydrogen-bond donors (Lipinski definition) is 3. The zero-order valence-corrected chi connectivity index (χ0v) is 14.6. The van der Waals surface area contributed by atoms with Crippen molar-refractivity contribution in [2.75, 3.05) is 0 Å². The number of nitrogens with one attached hydrogen (secondary N) is 3. The summed E-state index contributed by atoms with van der Waals surface area (Å²) < 4.78 is 0. The van der Waals surface area contributed by atoms with Gasteiger partial charge in [-0.2, -0.15) is 0 Å². The Labute approximate surface area is 148 Å². The molecule has 2 amide bonds. The molecule has 5 heteroatoms. The summed E-state index contributed by atoms with van der Waals surface area (Å²) in [4.78, 5) is 24.1. The van der Waals surface area contributed by atoms with Gasteiger partial charge in [0.1, 0.15) is 0 Å². The minimum Gasteiger partial charge on any atom is -0.353 e. The van der Waals surface area contributed by atoms with E-state index in [1.807, 2.05) is 12.1 Å². The van der Waals surface area contributed by atoms with Crippen LogP contribution in [0.5, 0.6) is 0 Å². The van der Waals surface area contributed by atoms with Crippen LogP contribution in [0.4, 0.5) is 0 Å². The Balaban J connectivity index is 1.40. The van der Waals surface area contributed by atoms with Gasteiger partial charge in [-0.15, -0.1) is 0 Å². The summed E-state index contributed by atoms with van der Waals surface area (Å²) in [6, 6.07) is 8.86. The molecule has 2 saturated carbocycles. The van der Waals surface area contributed by atoms with Crippen LogP contribution in [0.15, 0.2) is 24.3 Å². The molecule has 3 unspecified atom stereocenters. The monoisotopic (exact) mass is 341 g/mol. The lowest BCUT2D eigenvalue weighted by atomic mass is 9.72. The van der Waals surface area contributed by atoms with Crippen molar-refractivity contribution in [3.63, 3.8) is 0 Å².